The number of carbonyl (C=O) groups excluding carboxylic acids is 5. The van der Waals surface area contributed by atoms with Gasteiger partial charge < -0.3 is 60.6 Å². The molecule has 19 heteroatoms. The van der Waals surface area contributed by atoms with Gasteiger partial charge in [-0.15, -0.1) is 0 Å². The van der Waals surface area contributed by atoms with Gasteiger partial charge in [-0.05, 0) is 186 Å². The minimum atomic E-state index is -1.05. The number of aliphatic carboxylic acids is 1. The van der Waals surface area contributed by atoms with E-state index in [1.165, 1.54) is 16.7 Å². The Balaban J connectivity index is 0.000000230. The number of ether oxygens (including phenoxy) is 3. The van der Waals surface area contributed by atoms with Crippen molar-refractivity contribution in [1.29, 1.82) is 0 Å². The Morgan fingerprint density at radius 3 is 1.18 bits per heavy atom. The van der Waals surface area contributed by atoms with Gasteiger partial charge in [0.2, 0.25) is 11.8 Å². The normalized spacial score (nSPS) is 16.9. The minimum absolute atomic E-state index is 0.0177. The molecule has 0 aliphatic carbocycles. The number of carbonyl (C=O) groups is 6. The number of hydrogen-bond donors (Lipinski definition) is 6. The van der Waals surface area contributed by atoms with Crippen LogP contribution in [-0.2, 0) is 23.9 Å². The summed E-state index contributed by atoms with van der Waals surface area (Å²) in [6.07, 6.45) is 4.87. The average molecular weight is 1170 g/mol. The highest BCUT2D eigenvalue weighted by atomic mass is 35.5. The molecule has 3 aliphatic rings. The summed E-state index contributed by atoms with van der Waals surface area (Å²) in [5.41, 5.74) is 3.23. The maximum Gasteiger partial charge on any atom is 0.408 e. The molecule has 3 atom stereocenters. The molecule has 4 aromatic carbocycles. The van der Waals surface area contributed by atoms with Crippen molar-refractivity contribution < 1.29 is 48.1 Å². The fourth-order valence-corrected chi connectivity index (χ4v) is 10.6. The highest BCUT2D eigenvalue weighted by Gasteiger charge is 2.32. The van der Waals surface area contributed by atoms with E-state index < -0.39 is 47.5 Å². The van der Waals surface area contributed by atoms with Crippen LogP contribution in [0.1, 0.15) is 139 Å². The number of likely N-dealkylation sites (tertiary alicyclic amines) is 3. The van der Waals surface area contributed by atoms with Crippen LogP contribution in [0.5, 0.6) is 5.75 Å². The Bertz CT molecular complexity index is 2650. The fraction of sp³-hybridized carbons (Fsp3) is 0.531. The summed E-state index contributed by atoms with van der Waals surface area (Å²) in [4.78, 5) is 79.4. The average Bonchev–Trinajstić information content (AvgIpc) is 3.50. The standard InChI is InChI=1S/C25H32ClN3O3.C20H31N3O3.C19H28N2O4/c1-17(2)32-23-10-9-20(15-21(23)26)24(30)28-22(25(31)27-3)16-29-13-11-19(12-14-29)18-7-5-4-6-8-18;1-20(2,3)26-19(25)22-17(18(24)21-4)14-23-12-10-16(11-13-23)15-8-6-5-7-9-15;1-19(2,3)25-18(24)20-16(17(22)23)13-21-11-9-15(10-12-21)14-7-5-4-6-8-14/h4-10,15,17,19,22H,11-14,16H2,1-3H3,(H,27,31)(H,28,30);5-9,16-17H,10-14H2,1-4H3,(H,21,24)(H,22,25);4-8,15-16H,9-13H2,1-3H3,(H,20,24)(H,22,23)/t22-;17-;16-/m000/s1. The van der Waals surface area contributed by atoms with Gasteiger partial charge in [0.15, 0.2) is 0 Å². The van der Waals surface area contributed by atoms with E-state index in [0.717, 1.165) is 77.8 Å². The molecule has 0 aromatic heterocycles. The Morgan fingerprint density at radius 2 is 0.867 bits per heavy atom. The molecule has 4 aromatic rings. The number of nitrogens with zero attached hydrogens (tertiary/aromatic N) is 3. The molecule has 18 nitrogen and oxygen atoms in total. The predicted molar refractivity (Wildman–Crippen MR) is 325 cm³/mol. The van der Waals surface area contributed by atoms with Crippen LogP contribution in [0.25, 0.3) is 0 Å². The third-order valence-electron chi connectivity index (χ3n) is 14.6. The summed E-state index contributed by atoms with van der Waals surface area (Å²) in [5, 5.41) is 23.1. The van der Waals surface area contributed by atoms with Crippen molar-refractivity contribution in [2.45, 2.75) is 147 Å². The largest absolute Gasteiger partial charge is 0.489 e. The second-order valence-corrected chi connectivity index (χ2v) is 24.2. The van der Waals surface area contributed by atoms with Crippen LogP contribution in [0, 0.1) is 0 Å². The molecule has 0 unspecified atom stereocenters. The molecular weight excluding hydrogens is 1080 g/mol. The molecule has 5 amide bonds. The molecule has 0 saturated carbocycles. The first-order valence-corrected chi connectivity index (χ1v) is 29.5. The van der Waals surface area contributed by atoms with Crippen molar-refractivity contribution in [2.24, 2.45) is 0 Å². The van der Waals surface area contributed by atoms with Crippen molar-refractivity contribution in [3.8, 4) is 5.75 Å². The number of carboxylic acid groups (broad SMARTS) is 1. The number of carboxylic acids is 1. The van der Waals surface area contributed by atoms with Crippen LogP contribution < -0.4 is 31.3 Å². The monoisotopic (exact) mass is 1170 g/mol. The lowest BCUT2D eigenvalue weighted by atomic mass is 9.89. The number of amides is 5. The minimum Gasteiger partial charge on any atom is -0.489 e. The number of rotatable bonds is 18. The number of halogens is 1. The van der Waals surface area contributed by atoms with Crippen LogP contribution in [0.15, 0.2) is 109 Å². The number of nitrogens with one attached hydrogen (secondary N) is 5. The summed E-state index contributed by atoms with van der Waals surface area (Å²) >= 11 is 6.27. The lowest BCUT2D eigenvalue weighted by molar-refractivity contribution is -0.140. The van der Waals surface area contributed by atoms with E-state index in [4.69, 9.17) is 25.8 Å². The zero-order valence-electron chi connectivity index (χ0n) is 50.4. The second kappa shape index (κ2) is 32.9. The van der Waals surface area contributed by atoms with Crippen molar-refractivity contribution in [2.75, 3.05) is 73.0 Å². The first kappa shape index (κ1) is 67.1. The quantitative estimate of drug-likeness (QED) is 0.0548. The molecule has 3 heterocycles. The maximum absolute atomic E-state index is 12.8. The van der Waals surface area contributed by atoms with E-state index in [2.05, 4.69) is 102 Å². The number of alkyl carbamates (subject to hydrolysis) is 2. The summed E-state index contributed by atoms with van der Waals surface area (Å²) in [5.74, 6) is 0.336. The summed E-state index contributed by atoms with van der Waals surface area (Å²) in [6, 6.07) is 34.2. The molecular formula is C64H91ClN8O10. The Morgan fingerprint density at radius 1 is 0.530 bits per heavy atom. The molecule has 454 valence electrons. The van der Waals surface area contributed by atoms with Crippen LogP contribution in [-0.4, -0.2) is 164 Å². The van der Waals surface area contributed by atoms with Gasteiger partial charge in [0.05, 0.1) is 11.1 Å². The molecule has 83 heavy (non-hydrogen) atoms. The number of piperidine rings is 3. The summed E-state index contributed by atoms with van der Waals surface area (Å²) in [7, 11) is 3.16. The SMILES string of the molecule is CC(C)(C)OC(=O)N[C@@H](CN1CCC(c2ccccc2)CC1)C(=O)O.CNC(=O)[C@H](CN1CCC(c2ccccc2)CC1)NC(=O)OC(C)(C)C.CNC(=O)[C@H](CN1CCC(c2ccccc2)CC1)NC(=O)c1ccc(OC(C)C)c(Cl)c1. The zero-order valence-corrected chi connectivity index (χ0v) is 51.1. The zero-order chi connectivity index (χ0) is 60.7. The first-order valence-electron chi connectivity index (χ1n) is 29.1. The van der Waals surface area contributed by atoms with Crippen LogP contribution in [0.3, 0.4) is 0 Å². The van der Waals surface area contributed by atoms with E-state index in [0.29, 0.717) is 47.2 Å². The van der Waals surface area contributed by atoms with E-state index in [9.17, 15) is 33.9 Å². The lowest BCUT2D eigenvalue weighted by Crippen LogP contribution is -2.53. The summed E-state index contributed by atoms with van der Waals surface area (Å²) in [6.45, 7) is 20.9. The molecule has 3 fully saturated rings. The Kier molecular flexibility index (Phi) is 26.6. The van der Waals surface area contributed by atoms with E-state index in [-0.39, 0.29) is 30.4 Å². The van der Waals surface area contributed by atoms with E-state index >= 15 is 0 Å². The Labute approximate surface area is 497 Å². The highest BCUT2D eigenvalue weighted by molar-refractivity contribution is 6.32. The van der Waals surface area contributed by atoms with E-state index in [1.807, 2.05) is 44.2 Å². The molecule has 0 radical (unpaired) electrons. The van der Waals surface area contributed by atoms with Gasteiger partial charge in [0.1, 0.15) is 35.1 Å². The molecule has 3 saturated heterocycles. The second-order valence-electron chi connectivity index (χ2n) is 23.8. The van der Waals surface area contributed by atoms with Crippen molar-refractivity contribution in [1.82, 2.24) is 41.3 Å². The number of hydrogen-bond acceptors (Lipinski definition) is 12. The summed E-state index contributed by atoms with van der Waals surface area (Å²) < 4.78 is 16.1. The van der Waals surface area contributed by atoms with Gasteiger partial charge in [-0.2, -0.15) is 0 Å². The van der Waals surface area contributed by atoms with Crippen molar-refractivity contribution >= 4 is 47.5 Å². The van der Waals surface area contributed by atoms with Crippen LogP contribution >= 0.6 is 11.6 Å². The third-order valence-corrected chi connectivity index (χ3v) is 14.9. The van der Waals surface area contributed by atoms with Gasteiger partial charge in [-0.1, -0.05) is 103 Å². The molecule has 6 N–H and O–H groups in total. The highest BCUT2D eigenvalue weighted by Crippen LogP contribution is 2.31. The van der Waals surface area contributed by atoms with Gasteiger partial charge in [-0.3, -0.25) is 14.4 Å². The van der Waals surface area contributed by atoms with Gasteiger partial charge in [0.25, 0.3) is 5.91 Å². The Hall–Kier alpha value is -6.73. The molecule has 0 spiro atoms. The number of benzene rings is 4. The molecule has 7 rings (SSSR count). The van der Waals surface area contributed by atoms with Gasteiger partial charge >= 0.3 is 18.2 Å². The fourth-order valence-electron chi connectivity index (χ4n) is 10.4. The molecule has 0 bridgehead atoms. The predicted octanol–water partition coefficient (Wildman–Crippen LogP) is 9.20. The first-order chi connectivity index (χ1) is 39.4. The van der Waals surface area contributed by atoms with Crippen LogP contribution in [0.2, 0.25) is 5.02 Å². The lowest BCUT2D eigenvalue weighted by Gasteiger charge is -2.34. The maximum atomic E-state index is 12.8. The van der Waals surface area contributed by atoms with Crippen LogP contribution in [0.4, 0.5) is 9.59 Å². The van der Waals surface area contributed by atoms with E-state index in [1.54, 1.807) is 73.8 Å². The van der Waals surface area contributed by atoms with Gasteiger partial charge in [0, 0.05) is 39.3 Å². The smallest absolute Gasteiger partial charge is 0.408 e. The van der Waals surface area contributed by atoms with Crippen molar-refractivity contribution in [3.63, 3.8) is 0 Å². The number of likely N-dealkylation sites (N-methyl/N-ethyl adjacent to an activating group) is 2. The molecule has 3 aliphatic heterocycles. The van der Waals surface area contributed by atoms with Gasteiger partial charge in [-0.25, -0.2) is 14.4 Å². The third kappa shape index (κ3) is 23.8. The topological polar surface area (TPSA) is 220 Å². The van der Waals surface area contributed by atoms with Crippen molar-refractivity contribution in [3.05, 3.63) is 136 Å².